The van der Waals surface area contributed by atoms with Gasteiger partial charge in [-0.3, -0.25) is 4.79 Å². The van der Waals surface area contributed by atoms with E-state index >= 15 is 0 Å². The zero-order valence-corrected chi connectivity index (χ0v) is 14.5. The summed E-state index contributed by atoms with van der Waals surface area (Å²) in [7, 11) is 0. The molecule has 2 heterocycles. The summed E-state index contributed by atoms with van der Waals surface area (Å²) in [5, 5.41) is 5.97. The van der Waals surface area contributed by atoms with E-state index < -0.39 is 0 Å². The van der Waals surface area contributed by atoms with E-state index in [1.165, 1.54) is 18.5 Å². The Kier molecular flexibility index (Phi) is 5.28. The Labute approximate surface area is 148 Å². The van der Waals surface area contributed by atoms with Crippen LogP contribution in [-0.4, -0.2) is 35.5 Å². The molecule has 0 saturated carbocycles. The third-order valence-electron chi connectivity index (χ3n) is 4.09. The Bertz CT molecular complexity index is 751. The second kappa shape index (κ2) is 7.79. The number of amides is 1. The minimum atomic E-state index is -0.249. The van der Waals surface area contributed by atoms with Crippen LogP contribution in [-0.2, 0) is 0 Å². The number of benzene rings is 1. The molecule has 0 spiro atoms. The molecular weight excluding hydrogens is 314 g/mol. The average molecular weight is 337 g/mol. The molecule has 1 aliphatic heterocycles. The van der Waals surface area contributed by atoms with Crippen LogP contribution in [0.25, 0.3) is 0 Å². The number of carbonyl (C=O) groups is 1. The first-order valence-corrected chi connectivity index (χ1v) is 8.52. The summed E-state index contributed by atoms with van der Waals surface area (Å²) in [6, 6.07) is 9.59. The number of aromatic nitrogens is 2. The first-order chi connectivity index (χ1) is 12.2. The zero-order chi connectivity index (χ0) is 17.6. The third-order valence-corrected chi connectivity index (χ3v) is 4.09. The van der Waals surface area contributed by atoms with Gasteiger partial charge in [0.05, 0.1) is 0 Å². The number of aryl methyl sites for hydroxylation is 1. The summed E-state index contributed by atoms with van der Waals surface area (Å²) in [5.74, 6) is 0.909. The highest BCUT2D eigenvalue weighted by molar-refractivity contribution is 6.03. The molecule has 1 fully saturated rings. The predicted octanol–water partition coefficient (Wildman–Crippen LogP) is 3.24. The minimum absolute atomic E-state index is 0.249. The van der Waals surface area contributed by atoms with Crippen molar-refractivity contribution in [3.8, 4) is 0 Å². The van der Waals surface area contributed by atoms with Crippen LogP contribution in [0, 0.1) is 6.92 Å². The predicted molar refractivity (Wildman–Crippen MR) is 101 cm³/mol. The number of nitrogens with zero attached hydrogens (tertiary/aromatic N) is 3. The van der Waals surface area contributed by atoms with Crippen LogP contribution in [0.3, 0.4) is 0 Å². The van der Waals surface area contributed by atoms with Crippen molar-refractivity contribution >= 4 is 23.1 Å². The van der Waals surface area contributed by atoms with Gasteiger partial charge in [-0.15, -0.1) is 6.58 Å². The van der Waals surface area contributed by atoms with E-state index in [0.717, 1.165) is 18.8 Å². The van der Waals surface area contributed by atoms with Gasteiger partial charge < -0.3 is 15.5 Å². The van der Waals surface area contributed by atoms with E-state index in [1.54, 1.807) is 19.1 Å². The molecule has 1 aromatic carbocycles. The molecule has 0 unspecified atom stereocenters. The van der Waals surface area contributed by atoms with Gasteiger partial charge in [0, 0.05) is 37.1 Å². The normalized spacial score (nSPS) is 13.6. The van der Waals surface area contributed by atoms with Gasteiger partial charge in [-0.1, -0.05) is 6.08 Å². The van der Waals surface area contributed by atoms with Crippen molar-refractivity contribution in [1.82, 2.24) is 9.97 Å². The third kappa shape index (κ3) is 4.35. The van der Waals surface area contributed by atoms with Crippen molar-refractivity contribution in [1.29, 1.82) is 0 Å². The Morgan fingerprint density at radius 2 is 1.96 bits per heavy atom. The van der Waals surface area contributed by atoms with E-state index in [4.69, 9.17) is 0 Å². The van der Waals surface area contributed by atoms with Gasteiger partial charge in [-0.25, -0.2) is 9.97 Å². The van der Waals surface area contributed by atoms with Crippen LogP contribution in [0.4, 0.5) is 17.2 Å². The molecular formula is C19H23N5O. The standard InChI is InChI=1S/C19H23N5O/c1-3-10-20-18-13-17(21-14(2)22-18)19(25)23-15-6-8-16(9-7-15)24-11-4-5-12-24/h3,6-9,13H,1,4-5,10-12H2,2H3,(H,23,25)(H,20,21,22). The van der Waals surface area contributed by atoms with E-state index in [2.05, 4.69) is 32.1 Å². The Balaban J connectivity index is 1.69. The molecule has 1 amide bonds. The summed E-state index contributed by atoms with van der Waals surface area (Å²) >= 11 is 0. The minimum Gasteiger partial charge on any atom is -0.372 e. The molecule has 0 radical (unpaired) electrons. The van der Waals surface area contributed by atoms with Crippen molar-refractivity contribution in [3.63, 3.8) is 0 Å². The van der Waals surface area contributed by atoms with E-state index in [-0.39, 0.29) is 5.91 Å². The van der Waals surface area contributed by atoms with Crippen LogP contribution in [0.15, 0.2) is 43.0 Å². The van der Waals surface area contributed by atoms with E-state index in [1.807, 2.05) is 24.3 Å². The van der Waals surface area contributed by atoms with Gasteiger partial charge in [-0.05, 0) is 44.0 Å². The molecule has 0 atom stereocenters. The second-order valence-electron chi connectivity index (χ2n) is 6.05. The molecule has 6 heteroatoms. The van der Waals surface area contributed by atoms with E-state index in [9.17, 15) is 4.79 Å². The van der Waals surface area contributed by atoms with Crippen molar-refractivity contribution in [2.75, 3.05) is 35.2 Å². The van der Waals surface area contributed by atoms with Crippen LogP contribution < -0.4 is 15.5 Å². The summed E-state index contributed by atoms with van der Waals surface area (Å²) < 4.78 is 0. The summed E-state index contributed by atoms with van der Waals surface area (Å²) in [4.78, 5) is 23.3. The van der Waals surface area contributed by atoms with Crippen LogP contribution >= 0.6 is 0 Å². The number of carbonyl (C=O) groups excluding carboxylic acids is 1. The van der Waals surface area contributed by atoms with Gasteiger partial charge in [0.15, 0.2) is 0 Å². The average Bonchev–Trinajstić information content (AvgIpc) is 3.15. The summed E-state index contributed by atoms with van der Waals surface area (Å²) in [6.45, 7) is 8.21. The number of anilines is 3. The number of hydrogen-bond donors (Lipinski definition) is 2. The SMILES string of the molecule is C=CCNc1cc(C(=O)Nc2ccc(N3CCCC3)cc2)nc(C)n1. The fourth-order valence-electron chi connectivity index (χ4n) is 2.88. The van der Waals surface area contributed by atoms with Gasteiger partial charge >= 0.3 is 0 Å². The molecule has 3 rings (SSSR count). The highest BCUT2D eigenvalue weighted by Gasteiger charge is 2.13. The first-order valence-electron chi connectivity index (χ1n) is 8.52. The number of nitrogens with one attached hydrogen (secondary N) is 2. The smallest absolute Gasteiger partial charge is 0.274 e. The maximum absolute atomic E-state index is 12.5. The summed E-state index contributed by atoms with van der Waals surface area (Å²) in [5.41, 5.74) is 2.29. The van der Waals surface area contributed by atoms with Crippen molar-refractivity contribution in [2.45, 2.75) is 19.8 Å². The van der Waals surface area contributed by atoms with Gasteiger partial charge in [0.1, 0.15) is 17.3 Å². The van der Waals surface area contributed by atoms with Crippen molar-refractivity contribution in [2.24, 2.45) is 0 Å². The van der Waals surface area contributed by atoms with Crippen LogP contribution in [0.1, 0.15) is 29.2 Å². The molecule has 1 aliphatic rings. The molecule has 0 aliphatic carbocycles. The van der Waals surface area contributed by atoms with Crippen molar-refractivity contribution in [3.05, 3.63) is 54.5 Å². The molecule has 130 valence electrons. The Hall–Kier alpha value is -2.89. The van der Waals surface area contributed by atoms with Gasteiger partial charge in [-0.2, -0.15) is 0 Å². The lowest BCUT2D eigenvalue weighted by molar-refractivity contribution is 0.102. The van der Waals surface area contributed by atoms with Gasteiger partial charge in [0.25, 0.3) is 5.91 Å². The fraction of sp³-hybridized carbons (Fsp3) is 0.316. The van der Waals surface area contributed by atoms with Crippen LogP contribution in [0.2, 0.25) is 0 Å². The monoisotopic (exact) mass is 337 g/mol. The quantitative estimate of drug-likeness (QED) is 0.792. The highest BCUT2D eigenvalue weighted by atomic mass is 16.1. The van der Waals surface area contributed by atoms with Crippen LogP contribution in [0.5, 0.6) is 0 Å². The lowest BCUT2D eigenvalue weighted by atomic mass is 10.2. The Morgan fingerprint density at radius 3 is 2.64 bits per heavy atom. The number of hydrogen-bond acceptors (Lipinski definition) is 5. The lowest BCUT2D eigenvalue weighted by Gasteiger charge is -2.17. The second-order valence-corrected chi connectivity index (χ2v) is 6.05. The molecule has 6 nitrogen and oxygen atoms in total. The molecule has 2 aromatic rings. The topological polar surface area (TPSA) is 70.2 Å². The molecule has 0 bridgehead atoms. The maximum Gasteiger partial charge on any atom is 0.274 e. The number of rotatable bonds is 6. The largest absolute Gasteiger partial charge is 0.372 e. The molecule has 2 N–H and O–H groups in total. The first kappa shape index (κ1) is 17.0. The lowest BCUT2D eigenvalue weighted by Crippen LogP contribution is -2.18. The van der Waals surface area contributed by atoms with Crippen molar-refractivity contribution < 1.29 is 4.79 Å². The molecule has 25 heavy (non-hydrogen) atoms. The van der Waals surface area contributed by atoms with E-state index in [0.29, 0.717) is 23.9 Å². The Morgan fingerprint density at radius 1 is 1.24 bits per heavy atom. The molecule has 1 saturated heterocycles. The zero-order valence-electron chi connectivity index (χ0n) is 14.5. The maximum atomic E-state index is 12.5. The highest BCUT2D eigenvalue weighted by Crippen LogP contribution is 2.22. The van der Waals surface area contributed by atoms with Gasteiger partial charge in [0.2, 0.25) is 0 Å². The molecule has 1 aromatic heterocycles. The summed E-state index contributed by atoms with van der Waals surface area (Å²) in [6.07, 6.45) is 4.22. The fourth-order valence-corrected chi connectivity index (χ4v) is 2.88.